The summed E-state index contributed by atoms with van der Waals surface area (Å²) in [5.41, 5.74) is 6.96. The molecule has 0 aliphatic rings. The number of benzene rings is 1. The Morgan fingerprint density at radius 1 is 0.957 bits per heavy atom. The molecule has 0 bridgehead atoms. The van der Waals surface area contributed by atoms with Crippen LogP contribution < -0.4 is 10.6 Å². The normalized spacial score (nSPS) is 12.4. The minimum absolute atomic E-state index is 0.831. The lowest BCUT2D eigenvalue weighted by Crippen LogP contribution is -3.12. The first-order valence-corrected chi connectivity index (χ1v) is 9.46. The molecule has 1 unspecified atom stereocenters. The second-order valence-electron chi connectivity index (χ2n) is 6.56. The fourth-order valence-corrected chi connectivity index (χ4v) is 2.51. The van der Waals surface area contributed by atoms with Crippen molar-refractivity contribution in [2.24, 2.45) is 5.73 Å². The maximum absolute atomic E-state index is 5.55. The van der Waals surface area contributed by atoms with E-state index in [-0.39, 0.29) is 0 Å². The fraction of sp³-hybridized carbons (Fsp3) is 0.700. The molecule has 0 saturated carbocycles. The maximum Gasteiger partial charge on any atom is 0.128 e. The van der Waals surface area contributed by atoms with E-state index in [0.717, 1.165) is 19.4 Å². The Bertz CT molecular complexity index is 360. The van der Waals surface area contributed by atoms with E-state index in [2.05, 4.69) is 59.0 Å². The van der Waals surface area contributed by atoms with Crippen LogP contribution in [0.3, 0.4) is 0 Å². The summed E-state index contributed by atoms with van der Waals surface area (Å²) in [7, 11) is 2.36. The van der Waals surface area contributed by atoms with E-state index in [0.29, 0.717) is 0 Å². The van der Waals surface area contributed by atoms with Crippen LogP contribution >= 0.6 is 0 Å². The van der Waals surface area contributed by atoms with Gasteiger partial charge in [0, 0.05) is 6.42 Å². The minimum atomic E-state index is 0.831. The smallest absolute Gasteiger partial charge is 0.128 e. The number of nitrogens with two attached hydrogens (primary N) is 1. The molecule has 0 aliphatic heterocycles. The van der Waals surface area contributed by atoms with Crippen LogP contribution in [0.1, 0.15) is 39.7 Å². The Kier molecular flexibility index (Phi) is 13.0. The third-order valence-corrected chi connectivity index (χ3v) is 5.02. The van der Waals surface area contributed by atoms with Crippen molar-refractivity contribution >= 4 is 0 Å². The first kappa shape index (κ1) is 22.1. The number of nitrogens with one attached hydrogen (secondary N) is 1. The SMILES string of the molecule is CC[NH+](CCCN)CC[N+](C)(CC)CC.CCc1ccccc1. The summed E-state index contributed by atoms with van der Waals surface area (Å²) in [6.45, 7) is 17.4. The van der Waals surface area contributed by atoms with Gasteiger partial charge in [-0.15, -0.1) is 0 Å². The largest absolute Gasteiger partial charge is 0.330 e. The molecule has 134 valence electrons. The predicted molar refractivity (Wildman–Crippen MR) is 103 cm³/mol. The maximum atomic E-state index is 5.55. The van der Waals surface area contributed by atoms with Gasteiger partial charge in [-0.25, -0.2) is 0 Å². The van der Waals surface area contributed by atoms with E-state index in [4.69, 9.17) is 5.73 Å². The second kappa shape index (κ2) is 13.5. The Labute approximate surface area is 145 Å². The van der Waals surface area contributed by atoms with Crippen molar-refractivity contribution in [3.63, 3.8) is 0 Å². The predicted octanol–water partition coefficient (Wildman–Crippen LogP) is 1.98. The van der Waals surface area contributed by atoms with Crippen molar-refractivity contribution in [2.75, 3.05) is 52.9 Å². The van der Waals surface area contributed by atoms with Crippen molar-refractivity contribution in [1.29, 1.82) is 0 Å². The van der Waals surface area contributed by atoms with E-state index in [1.165, 1.54) is 49.3 Å². The lowest BCUT2D eigenvalue weighted by molar-refractivity contribution is -0.958. The monoisotopic (exact) mass is 323 g/mol. The molecule has 0 heterocycles. The number of rotatable bonds is 10. The van der Waals surface area contributed by atoms with Crippen LogP contribution in [-0.2, 0) is 6.42 Å². The van der Waals surface area contributed by atoms with Crippen molar-refractivity contribution < 1.29 is 9.38 Å². The number of likely N-dealkylation sites (N-methyl/N-ethyl adjacent to an activating group) is 2. The molecular formula is C20H41N3+2. The Morgan fingerprint density at radius 2 is 1.57 bits per heavy atom. The molecule has 1 rings (SSSR count). The van der Waals surface area contributed by atoms with Crippen LogP contribution in [-0.4, -0.2) is 57.3 Å². The van der Waals surface area contributed by atoms with Crippen LogP contribution in [0, 0.1) is 0 Å². The van der Waals surface area contributed by atoms with Gasteiger partial charge in [-0.2, -0.15) is 0 Å². The van der Waals surface area contributed by atoms with Crippen LogP contribution in [0.5, 0.6) is 0 Å². The number of quaternary nitrogens is 2. The van der Waals surface area contributed by atoms with E-state index in [1.54, 1.807) is 4.90 Å². The third kappa shape index (κ3) is 10.5. The number of hydrogen-bond acceptors (Lipinski definition) is 1. The molecule has 1 atom stereocenters. The summed E-state index contributed by atoms with van der Waals surface area (Å²) >= 11 is 0. The van der Waals surface area contributed by atoms with Gasteiger partial charge in [-0.3, -0.25) is 0 Å². The van der Waals surface area contributed by atoms with E-state index < -0.39 is 0 Å². The van der Waals surface area contributed by atoms with Crippen LogP contribution in [0.2, 0.25) is 0 Å². The Hall–Kier alpha value is -0.900. The molecule has 0 fully saturated rings. The zero-order valence-electron chi connectivity index (χ0n) is 16.3. The lowest BCUT2D eigenvalue weighted by Gasteiger charge is -2.33. The highest BCUT2D eigenvalue weighted by molar-refractivity contribution is 5.13. The van der Waals surface area contributed by atoms with Gasteiger partial charge in [0.1, 0.15) is 13.1 Å². The summed E-state index contributed by atoms with van der Waals surface area (Å²) in [6, 6.07) is 10.5. The standard InChI is InChI=1S/C12H30N3.C8H10/c1-5-14(10-8-9-13)11-12-15(4,6-2)7-3;1-2-8-6-4-3-5-7-8/h5-13H2,1-4H3;3-7H,2H2,1H3/q+1;/p+1. The molecule has 0 amide bonds. The van der Waals surface area contributed by atoms with Crippen molar-refractivity contribution in [3.05, 3.63) is 35.9 Å². The second-order valence-corrected chi connectivity index (χ2v) is 6.56. The van der Waals surface area contributed by atoms with Gasteiger partial charge < -0.3 is 15.1 Å². The van der Waals surface area contributed by atoms with E-state index in [9.17, 15) is 0 Å². The first-order valence-electron chi connectivity index (χ1n) is 9.46. The molecule has 3 N–H and O–H groups in total. The third-order valence-electron chi connectivity index (χ3n) is 5.02. The molecule has 23 heavy (non-hydrogen) atoms. The molecule has 0 aliphatic carbocycles. The Morgan fingerprint density at radius 3 is 1.96 bits per heavy atom. The van der Waals surface area contributed by atoms with Gasteiger partial charge in [0.15, 0.2) is 0 Å². The summed E-state index contributed by atoms with van der Waals surface area (Å²) < 4.78 is 1.20. The molecular weight excluding hydrogens is 282 g/mol. The molecule has 0 spiro atoms. The van der Waals surface area contributed by atoms with Gasteiger partial charge in [0.05, 0.1) is 33.2 Å². The molecule has 0 radical (unpaired) electrons. The van der Waals surface area contributed by atoms with Gasteiger partial charge in [-0.05, 0) is 39.3 Å². The molecule has 0 saturated heterocycles. The van der Waals surface area contributed by atoms with Crippen LogP contribution in [0.4, 0.5) is 0 Å². The van der Waals surface area contributed by atoms with Gasteiger partial charge >= 0.3 is 0 Å². The van der Waals surface area contributed by atoms with E-state index in [1.807, 2.05) is 6.07 Å². The average Bonchev–Trinajstić information content (AvgIpc) is 2.62. The average molecular weight is 324 g/mol. The summed E-state index contributed by atoms with van der Waals surface area (Å²) in [5, 5.41) is 0. The zero-order chi connectivity index (χ0) is 17.6. The zero-order valence-corrected chi connectivity index (χ0v) is 16.3. The number of hydrogen-bond donors (Lipinski definition) is 2. The van der Waals surface area contributed by atoms with Crippen LogP contribution in [0.15, 0.2) is 30.3 Å². The minimum Gasteiger partial charge on any atom is -0.330 e. The fourth-order valence-electron chi connectivity index (χ4n) is 2.51. The molecule has 3 heteroatoms. The van der Waals surface area contributed by atoms with Crippen molar-refractivity contribution in [2.45, 2.75) is 40.5 Å². The lowest BCUT2D eigenvalue weighted by atomic mass is 10.2. The number of aryl methyl sites for hydroxylation is 1. The molecule has 0 aromatic heterocycles. The topological polar surface area (TPSA) is 30.5 Å². The Balaban J connectivity index is 0.000000502. The summed E-state index contributed by atoms with van der Waals surface area (Å²) in [4.78, 5) is 1.70. The van der Waals surface area contributed by atoms with Gasteiger partial charge in [0.25, 0.3) is 0 Å². The van der Waals surface area contributed by atoms with Crippen molar-refractivity contribution in [3.8, 4) is 0 Å². The van der Waals surface area contributed by atoms with Gasteiger partial charge in [0.2, 0.25) is 0 Å². The highest BCUT2D eigenvalue weighted by Gasteiger charge is 2.18. The number of nitrogens with zero attached hydrogens (tertiary/aromatic N) is 1. The quantitative estimate of drug-likeness (QED) is 0.634. The molecule has 1 aromatic carbocycles. The van der Waals surface area contributed by atoms with Gasteiger partial charge in [-0.1, -0.05) is 37.3 Å². The first-order chi connectivity index (χ1) is 11.0. The highest BCUT2D eigenvalue weighted by atomic mass is 15.3. The van der Waals surface area contributed by atoms with Crippen molar-refractivity contribution in [1.82, 2.24) is 0 Å². The molecule has 3 nitrogen and oxygen atoms in total. The van der Waals surface area contributed by atoms with Crippen LogP contribution in [0.25, 0.3) is 0 Å². The molecule has 1 aromatic rings. The summed E-state index contributed by atoms with van der Waals surface area (Å²) in [6.07, 6.45) is 2.30. The summed E-state index contributed by atoms with van der Waals surface area (Å²) in [5.74, 6) is 0. The highest BCUT2D eigenvalue weighted by Crippen LogP contribution is 1.98. The van der Waals surface area contributed by atoms with E-state index >= 15 is 0 Å².